The second kappa shape index (κ2) is 6.10. The number of carbonyl (C=O) groups is 1. The smallest absolute Gasteiger partial charge is 0.239 e. The number of rotatable bonds is 6. The molecule has 2 unspecified atom stereocenters. The third-order valence-corrected chi connectivity index (χ3v) is 4.48. The Hall–Kier alpha value is -0.220. The lowest BCUT2D eigenvalue weighted by Crippen LogP contribution is -2.55. The van der Waals surface area contributed by atoms with Crippen LogP contribution in [-0.4, -0.2) is 47.5 Å². The minimum absolute atomic E-state index is 0.104. The van der Waals surface area contributed by atoms with Crippen LogP contribution in [0.1, 0.15) is 39.0 Å². The highest BCUT2D eigenvalue weighted by Crippen LogP contribution is 2.24. The molecule has 1 aliphatic carbocycles. The molecule has 0 aromatic heterocycles. The van der Waals surface area contributed by atoms with Crippen LogP contribution in [0, 0.1) is 0 Å². The molecular formula is C13H24N2OS. The molecular weight excluding hydrogens is 232 g/mol. The zero-order valence-electron chi connectivity index (χ0n) is 10.9. The highest BCUT2D eigenvalue weighted by Gasteiger charge is 2.35. The number of nitrogens with one attached hydrogen (secondary N) is 1. The predicted molar refractivity (Wildman–Crippen MR) is 73.4 cm³/mol. The van der Waals surface area contributed by atoms with Crippen LogP contribution in [0.3, 0.4) is 0 Å². The zero-order chi connectivity index (χ0) is 12.3. The van der Waals surface area contributed by atoms with Crippen LogP contribution in [0.2, 0.25) is 0 Å². The van der Waals surface area contributed by atoms with Gasteiger partial charge in [0.15, 0.2) is 0 Å². The van der Waals surface area contributed by atoms with Gasteiger partial charge in [-0.1, -0.05) is 6.92 Å². The van der Waals surface area contributed by atoms with E-state index in [-0.39, 0.29) is 6.04 Å². The van der Waals surface area contributed by atoms with Gasteiger partial charge in [-0.15, -0.1) is 0 Å². The third-order valence-electron chi connectivity index (χ3n) is 3.76. The predicted octanol–water partition coefficient (Wildman–Crippen LogP) is 1.87. The van der Waals surface area contributed by atoms with Gasteiger partial charge in [0, 0.05) is 24.4 Å². The fourth-order valence-electron chi connectivity index (χ4n) is 2.57. The van der Waals surface area contributed by atoms with E-state index < -0.39 is 0 Å². The average Bonchev–Trinajstić information content (AvgIpc) is 3.13. The van der Waals surface area contributed by atoms with Crippen LogP contribution in [0.25, 0.3) is 0 Å². The normalized spacial score (nSPS) is 27.3. The molecule has 4 heteroatoms. The first kappa shape index (κ1) is 13.2. The lowest BCUT2D eigenvalue weighted by molar-refractivity contribution is -0.138. The maximum atomic E-state index is 12.4. The lowest BCUT2D eigenvalue weighted by atomic mass is 10.0. The van der Waals surface area contributed by atoms with Gasteiger partial charge in [0.25, 0.3) is 0 Å². The summed E-state index contributed by atoms with van der Waals surface area (Å²) < 4.78 is 0. The van der Waals surface area contributed by atoms with Crippen molar-refractivity contribution in [2.45, 2.75) is 57.2 Å². The van der Waals surface area contributed by atoms with E-state index >= 15 is 0 Å². The number of piperidine rings is 1. The summed E-state index contributed by atoms with van der Waals surface area (Å²) in [6, 6.07) is 1.16. The van der Waals surface area contributed by atoms with Crippen LogP contribution in [-0.2, 0) is 4.79 Å². The minimum Gasteiger partial charge on any atom is -0.338 e. The molecule has 3 nitrogen and oxygen atoms in total. The average molecular weight is 256 g/mol. The van der Waals surface area contributed by atoms with E-state index in [1.54, 1.807) is 0 Å². The second-order valence-electron chi connectivity index (χ2n) is 5.18. The van der Waals surface area contributed by atoms with Crippen LogP contribution in [0.4, 0.5) is 0 Å². The van der Waals surface area contributed by atoms with E-state index in [4.69, 9.17) is 0 Å². The topological polar surface area (TPSA) is 32.3 Å². The quantitative estimate of drug-likeness (QED) is 0.787. The summed E-state index contributed by atoms with van der Waals surface area (Å²) in [5.74, 6) is 1.42. The number of hydrogen-bond acceptors (Lipinski definition) is 3. The van der Waals surface area contributed by atoms with Gasteiger partial charge in [-0.2, -0.15) is 11.8 Å². The fraction of sp³-hybridized carbons (Fsp3) is 0.923. The van der Waals surface area contributed by atoms with Crippen molar-refractivity contribution in [1.82, 2.24) is 10.2 Å². The van der Waals surface area contributed by atoms with Gasteiger partial charge in [-0.25, -0.2) is 0 Å². The van der Waals surface area contributed by atoms with Crippen molar-refractivity contribution in [2.24, 2.45) is 0 Å². The molecule has 1 saturated heterocycles. The molecule has 17 heavy (non-hydrogen) atoms. The van der Waals surface area contributed by atoms with E-state index in [2.05, 4.69) is 23.4 Å². The lowest BCUT2D eigenvalue weighted by Gasteiger charge is -2.38. The number of likely N-dealkylation sites (tertiary alicyclic amines) is 1. The van der Waals surface area contributed by atoms with Gasteiger partial charge in [0.1, 0.15) is 0 Å². The highest BCUT2D eigenvalue weighted by atomic mass is 32.2. The molecule has 1 aliphatic heterocycles. The molecule has 2 rings (SSSR count). The molecule has 98 valence electrons. The summed E-state index contributed by atoms with van der Waals surface area (Å²) in [5, 5.41) is 3.50. The second-order valence-corrected chi connectivity index (χ2v) is 6.10. The van der Waals surface area contributed by atoms with Crippen molar-refractivity contribution in [2.75, 3.05) is 18.6 Å². The van der Waals surface area contributed by atoms with Crippen LogP contribution in [0.5, 0.6) is 0 Å². The van der Waals surface area contributed by atoms with E-state index in [0.29, 0.717) is 18.0 Å². The number of amides is 1. The van der Waals surface area contributed by atoms with E-state index in [1.807, 2.05) is 11.8 Å². The number of nitrogens with zero attached hydrogens (tertiary/aromatic N) is 1. The van der Waals surface area contributed by atoms with Crippen molar-refractivity contribution < 1.29 is 4.79 Å². The molecule has 0 aromatic carbocycles. The van der Waals surface area contributed by atoms with E-state index in [0.717, 1.165) is 31.6 Å². The van der Waals surface area contributed by atoms with Gasteiger partial charge in [0.2, 0.25) is 5.91 Å². The summed E-state index contributed by atoms with van der Waals surface area (Å²) in [6.07, 6.45) is 7.89. The van der Waals surface area contributed by atoms with Crippen molar-refractivity contribution in [1.29, 1.82) is 0 Å². The summed E-state index contributed by atoms with van der Waals surface area (Å²) >= 11 is 1.84. The summed E-state index contributed by atoms with van der Waals surface area (Å²) in [6.45, 7) is 3.15. The molecule has 1 N–H and O–H groups in total. The third kappa shape index (κ3) is 3.38. The Morgan fingerprint density at radius 2 is 2.24 bits per heavy atom. The van der Waals surface area contributed by atoms with Crippen molar-refractivity contribution in [3.63, 3.8) is 0 Å². The largest absolute Gasteiger partial charge is 0.338 e. The van der Waals surface area contributed by atoms with E-state index in [9.17, 15) is 4.79 Å². The Morgan fingerprint density at radius 1 is 1.47 bits per heavy atom. The van der Waals surface area contributed by atoms with Crippen LogP contribution in [0.15, 0.2) is 0 Å². The Labute approximate surface area is 109 Å². The van der Waals surface area contributed by atoms with Crippen molar-refractivity contribution in [3.8, 4) is 0 Å². The Kier molecular flexibility index (Phi) is 4.74. The Bertz CT molecular complexity index is 268. The molecule has 1 amide bonds. The summed E-state index contributed by atoms with van der Waals surface area (Å²) in [5.41, 5.74) is 0. The highest BCUT2D eigenvalue weighted by molar-refractivity contribution is 7.98. The van der Waals surface area contributed by atoms with Crippen molar-refractivity contribution in [3.05, 3.63) is 0 Å². The van der Waals surface area contributed by atoms with Crippen LogP contribution < -0.4 is 5.32 Å². The maximum Gasteiger partial charge on any atom is 0.239 e. The standard InChI is InChI=1S/C13H24N2OS/c1-3-11(9-17-2)15-8-4-5-12(13(15)16)14-10-6-7-10/h10-12,14H,3-9H2,1-2H3. The van der Waals surface area contributed by atoms with Gasteiger partial charge in [0.05, 0.1) is 6.04 Å². The van der Waals surface area contributed by atoms with Crippen molar-refractivity contribution >= 4 is 17.7 Å². The van der Waals surface area contributed by atoms with Crippen LogP contribution >= 0.6 is 11.8 Å². The molecule has 0 radical (unpaired) electrons. The molecule has 0 spiro atoms. The Morgan fingerprint density at radius 3 is 2.82 bits per heavy atom. The number of hydrogen-bond donors (Lipinski definition) is 1. The molecule has 0 aromatic rings. The first-order valence-corrected chi connectivity index (χ1v) is 8.21. The SMILES string of the molecule is CCC(CSC)N1CCCC(NC2CC2)C1=O. The first-order chi connectivity index (χ1) is 8.26. The molecule has 1 heterocycles. The molecule has 0 bridgehead atoms. The van der Waals surface area contributed by atoms with Gasteiger partial charge in [-0.05, 0) is 38.4 Å². The monoisotopic (exact) mass is 256 g/mol. The van der Waals surface area contributed by atoms with Gasteiger partial charge >= 0.3 is 0 Å². The maximum absolute atomic E-state index is 12.4. The first-order valence-electron chi connectivity index (χ1n) is 6.81. The van der Waals surface area contributed by atoms with E-state index in [1.165, 1.54) is 12.8 Å². The Balaban J connectivity index is 1.93. The molecule has 2 aliphatic rings. The van der Waals surface area contributed by atoms with Gasteiger partial charge in [-0.3, -0.25) is 4.79 Å². The zero-order valence-corrected chi connectivity index (χ0v) is 11.8. The molecule has 2 atom stereocenters. The fourth-order valence-corrected chi connectivity index (χ4v) is 3.37. The molecule has 1 saturated carbocycles. The minimum atomic E-state index is 0.104. The number of thioether (sulfide) groups is 1. The summed E-state index contributed by atoms with van der Waals surface area (Å²) in [4.78, 5) is 14.5. The molecule has 2 fully saturated rings. The van der Waals surface area contributed by atoms with Gasteiger partial charge < -0.3 is 10.2 Å². The number of carbonyl (C=O) groups excluding carboxylic acids is 1. The summed E-state index contributed by atoms with van der Waals surface area (Å²) in [7, 11) is 0.